The predicted molar refractivity (Wildman–Crippen MR) is 84.1 cm³/mol. The smallest absolute Gasteiger partial charge is 0.313 e. The molecule has 2 saturated carbocycles. The monoisotopic (exact) mass is 286 g/mol. The van der Waals surface area contributed by atoms with E-state index in [0.29, 0.717) is 5.92 Å². The topological polar surface area (TPSA) is 26.3 Å². The Morgan fingerprint density at radius 2 is 1.52 bits per heavy atom. The fourth-order valence-corrected chi connectivity index (χ4v) is 3.97. The zero-order valence-corrected chi connectivity index (χ0v) is 12.8. The molecule has 2 nitrogen and oxygen atoms in total. The quantitative estimate of drug-likeness (QED) is 0.741. The Hall–Kier alpha value is -1.31. The third-order valence-corrected chi connectivity index (χ3v) is 5.12. The molecule has 114 valence electrons. The molecule has 2 heteroatoms. The highest BCUT2D eigenvalue weighted by Crippen LogP contribution is 2.38. The lowest BCUT2D eigenvalue weighted by atomic mass is 9.84. The molecule has 1 aromatic rings. The molecule has 0 heterocycles. The summed E-state index contributed by atoms with van der Waals surface area (Å²) in [5, 5.41) is 0. The van der Waals surface area contributed by atoms with Gasteiger partial charge in [0.1, 0.15) is 6.10 Å². The summed E-state index contributed by atoms with van der Waals surface area (Å²) in [7, 11) is 0. The summed E-state index contributed by atoms with van der Waals surface area (Å²) in [6.45, 7) is 0. The SMILES string of the molecule is O=C(OC1CCCCC1)C(c1ccccc1)C1CCCC1. The number of hydrogen-bond acceptors (Lipinski definition) is 2. The van der Waals surface area contributed by atoms with Crippen LogP contribution >= 0.6 is 0 Å². The first-order valence-electron chi connectivity index (χ1n) is 8.60. The molecule has 3 rings (SSSR count). The molecular formula is C19H26O2. The van der Waals surface area contributed by atoms with E-state index < -0.39 is 0 Å². The lowest BCUT2D eigenvalue weighted by molar-refractivity contribution is -0.153. The molecule has 1 unspecified atom stereocenters. The lowest BCUT2D eigenvalue weighted by Crippen LogP contribution is -2.28. The molecular weight excluding hydrogens is 260 g/mol. The van der Waals surface area contributed by atoms with Gasteiger partial charge in [-0.2, -0.15) is 0 Å². The number of carbonyl (C=O) groups is 1. The maximum absolute atomic E-state index is 12.8. The van der Waals surface area contributed by atoms with Crippen molar-refractivity contribution in [3.63, 3.8) is 0 Å². The minimum atomic E-state index is -0.0457. The highest BCUT2D eigenvalue weighted by atomic mass is 16.5. The summed E-state index contributed by atoms with van der Waals surface area (Å²) in [6, 6.07) is 10.3. The second kappa shape index (κ2) is 7.11. The second-order valence-corrected chi connectivity index (χ2v) is 6.63. The van der Waals surface area contributed by atoms with Crippen LogP contribution in [0.3, 0.4) is 0 Å². The van der Waals surface area contributed by atoms with Crippen LogP contribution in [0.1, 0.15) is 69.3 Å². The van der Waals surface area contributed by atoms with E-state index in [1.54, 1.807) is 0 Å². The van der Waals surface area contributed by atoms with Gasteiger partial charge in [0.15, 0.2) is 0 Å². The third-order valence-electron chi connectivity index (χ3n) is 5.12. The number of benzene rings is 1. The molecule has 0 amide bonds. The summed E-state index contributed by atoms with van der Waals surface area (Å²) in [5.41, 5.74) is 1.14. The molecule has 0 spiro atoms. The molecule has 2 fully saturated rings. The lowest BCUT2D eigenvalue weighted by Gasteiger charge is -2.27. The van der Waals surface area contributed by atoms with Crippen molar-refractivity contribution in [3.8, 4) is 0 Å². The normalized spacial score (nSPS) is 22.1. The number of esters is 1. The molecule has 1 atom stereocenters. The number of hydrogen-bond donors (Lipinski definition) is 0. The average Bonchev–Trinajstić information content (AvgIpc) is 3.03. The second-order valence-electron chi connectivity index (χ2n) is 6.63. The first-order valence-corrected chi connectivity index (χ1v) is 8.60. The number of carbonyl (C=O) groups excluding carboxylic acids is 1. The van der Waals surface area contributed by atoms with E-state index in [2.05, 4.69) is 12.1 Å². The number of ether oxygens (including phenoxy) is 1. The summed E-state index contributed by atoms with van der Waals surface area (Å²) in [4.78, 5) is 12.8. The molecule has 2 aliphatic rings. The van der Waals surface area contributed by atoms with Gasteiger partial charge in [-0.3, -0.25) is 4.79 Å². The van der Waals surface area contributed by atoms with Gasteiger partial charge in [0.05, 0.1) is 5.92 Å². The summed E-state index contributed by atoms with van der Waals surface area (Å²) >= 11 is 0. The van der Waals surface area contributed by atoms with Crippen LogP contribution in [0.15, 0.2) is 30.3 Å². The minimum Gasteiger partial charge on any atom is -0.462 e. The molecule has 0 radical (unpaired) electrons. The van der Waals surface area contributed by atoms with Crippen molar-refractivity contribution in [1.29, 1.82) is 0 Å². The Kier molecular flexibility index (Phi) is 4.95. The Balaban J connectivity index is 1.72. The molecule has 1 aromatic carbocycles. The van der Waals surface area contributed by atoms with Gasteiger partial charge in [-0.05, 0) is 50.0 Å². The van der Waals surface area contributed by atoms with Crippen molar-refractivity contribution in [1.82, 2.24) is 0 Å². The Labute approximate surface area is 127 Å². The standard InChI is InChI=1S/C19H26O2/c20-19(21-17-13-5-2-6-14-17)18(16-11-7-8-12-16)15-9-3-1-4-10-15/h1,3-4,9-10,16-18H,2,5-8,11-14H2. The van der Waals surface area contributed by atoms with E-state index in [4.69, 9.17) is 4.74 Å². The van der Waals surface area contributed by atoms with E-state index in [-0.39, 0.29) is 18.0 Å². The van der Waals surface area contributed by atoms with Crippen LogP contribution in [0.2, 0.25) is 0 Å². The Morgan fingerprint density at radius 1 is 0.905 bits per heavy atom. The van der Waals surface area contributed by atoms with Gasteiger partial charge < -0.3 is 4.74 Å². The van der Waals surface area contributed by atoms with E-state index >= 15 is 0 Å². The zero-order valence-electron chi connectivity index (χ0n) is 12.8. The van der Waals surface area contributed by atoms with Gasteiger partial charge in [0, 0.05) is 0 Å². The van der Waals surface area contributed by atoms with Gasteiger partial charge in [-0.1, -0.05) is 49.6 Å². The molecule has 2 aliphatic carbocycles. The Bertz CT molecular complexity index is 442. The maximum atomic E-state index is 12.8. The van der Waals surface area contributed by atoms with Crippen molar-refractivity contribution in [2.75, 3.05) is 0 Å². The molecule has 0 bridgehead atoms. The van der Waals surface area contributed by atoms with Gasteiger partial charge in [0.25, 0.3) is 0 Å². The van der Waals surface area contributed by atoms with Crippen LogP contribution < -0.4 is 0 Å². The summed E-state index contributed by atoms with van der Waals surface area (Å²) in [6.07, 6.45) is 10.8. The number of rotatable bonds is 4. The minimum absolute atomic E-state index is 0.0278. The van der Waals surface area contributed by atoms with Gasteiger partial charge in [0.2, 0.25) is 0 Å². The van der Waals surface area contributed by atoms with Gasteiger partial charge >= 0.3 is 5.97 Å². The first kappa shape index (κ1) is 14.6. The fraction of sp³-hybridized carbons (Fsp3) is 0.632. The van der Waals surface area contributed by atoms with Crippen LogP contribution in [0.5, 0.6) is 0 Å². The third kappa shape index (κ3) is 3.66. The predicted octanol–water partition coefficient (Wildman–Crippen LogP) is 4.84. The highest BCUT2D eigenvalue weighted by Gasteiger charge is 2.34. The molecule has 0 aliphatic heterocycles. The van der Waals surface area contributed by atoms with E-state index in [9.17, 15) is 4.79 Å². The van der Waals surface area contributed by atoms with Crippen LogP contribution in [-0.4, -0.2) is 12.1 Å². The van der Waals surface area contributed by atoms with E-state index in [0.717, 1.165) is 18.4 Å². The van der Waals surface area contributed by atoms with Crippen molar-refractivity contribution in [2.24, 2.45) is 5.92 Å². The van der Waals surface area contributed by atoms with E-state index in [1.165, 1.54) is 44.9 Å². The van der Waals surface area contributed by atoms with Crippen LogP contribution in [0.4, 0.5) is 0 Å². The largest absolute Gasteiger partial charge is 0.462 e. The van der Waals surface area contributed by atoms with Crippen LogP contribution in [0, 0.1) is 5.92 Å². The summed E-state index contributed by atoms with van der Waals surface area (Å²) in [5.74, 6) is 0.458. The van der Waals surface area contributed by atoms with Crippen LogP contribution in [-0.2, 0) is 9.53 Å². The van der Waals surface area contributed by atoms with Crippen molar-refractivity contribution in [2.45, 2.75) is 69.8 Å². The molecule has 0 N–H and O–H groups in total. The molecule has 0 aromatic heterocycles. The van der Waals surface area contributed by atoms with E-state index in [1.807, 2.05) is 18.2 Å². The van der Waals surface area contributed by atoms with Crippen molar-refractivity contribution < 1.29 is 9.53 Å². The van der Waals surface area contributed by atoms with Gasteiger partial charge in [-0.25, -0.2) is 0 Å². The van der Waals surface area contributed by atoms with Gasteiger partial charge in [-0.15, -0.1) is 0 Å². The average molecular weight is 286 g/mol. The summed E-state index contributed by atoms with van der Waals surface area (Å²) < 4.78 is 5.88. The molecule has 21 heavy (non-hydrogen) atoms. The van der Waals surface area contributed by atoms with Crippen molar-refractivity contribution in [3.05, 3.63) is 35.9 Å². The fourth-order valence-electron chi connectivity index (χ4n) is 3.97. The highest BCUT2D eigenvalue weighted by molar-refractivity contribution is 5.78. The maximum Gasteiger partial charge on any atom is 0.313 e. The van der Waals surface area contributed by atoms with Crippen LogP contribution in [0.25, 0.3) is 0 Å². The Morgan fingerprint density at radius 3 is 2.19 bits per heavy atom. The molecule has 0 saturated heterocycles. The zero-order chi connectivity index (χ0) is 14.5. The first-order chi connectivity index (χ1) is 10.3. The van der Waals surface area contributed by atoms with Crippen molar-refractivity contribution >= 4 is 5.97 Å².